The number of halogens is 4. The highest BCUT2D eigenvalue weighted by Crippen LogP contribution is 2.26. The molecule has 0 aliphatic heterocycles. The molecule has 8 heteroatoms. The van der Waals surface area contributed by atoms with Crippen LogP contribution in [0.4, 0.5) is 0 Å². The lowest BCUT2D eigenvalue weighted by Gasteiger charge is -2.31. The summed E-state index contributed by atoms with van der Waals surface area (Å²) in [5.74, 6) is -0.370. The van der Waals surface area contributed by atoms with Crippen molar-refractivity contribution in [3.8, 4) is 0 Å². The van der Waals surface area contributed by atoms with Crippen LogP contribution >= 0.6 is 46.4 Å². The summed E-state index contributed by atoms with van der Waals surface area (Å²) in [5, 5.41) is 4.88. The van der Waals surface area contributed by atoms with Gasteiger partial charge in [-0.2, -0.15) is 0 Å². The van der Waals surface area contributed by atoms with Crippen LogP contribution in [0, 0.1) is 0 Å². The van der Waals surface area contributed by atoms with Gasteiger partial charge in [-0.05, 0) is 55.2 Å². The first-order chi connectivity index (χ1) is 15.2. The molecule has 172 valence electrons. The third-order valence-corrected chi connectivity index (χ3v) is 7.14. The number of benzene rings is 2. The van der Waals surface area contributed by atoms with E-state index < -0.39 is 6.04 Å². The smallest absolute Gasteiger partial charge is 0.242 e. The van der Waals surface area contributed by atoms with Gasteiger partial charge in [-0.1, -0.05) is 77.8 Å². The van der Waals surface area contributed by atoms with Gasteiger partial charge in [0, 0.05) is 22.6 Å². The molecule has 0 spiro atoms. The maximum absolute atomic E-state index is 13.3. The Morgan fingerprint density at radius 3 is 2.34 bits per heavy atom. The van der Waals surface area contributed by atoms with Crippen LogP contribution in [-0.4, -0.2) is 28.8 Å². The highest BCUT2D eigenvalue weighted by molar-refractivity contribution is 6.42. The van der Waals surface area contributed by atoms with E-state index in [4.69, 9.17) is 46.4 Å². The molecule has 0 aromatic heterocycles. The number of carbonyl (C=O) groups is 2. The average molecular weight is 516 g/mol. The van der Waals surface area contributed by atoms with Crippen molar-refractivity contribution < 1.29 is 9.59 Å². The Morgan fingerprint density at radius 2 is 1.69 bits per heavy atom. The molecule has 1 N–H and O–H groups in total. The van der Waals surface area contributed by atoms with Gasteiger partial charge in [-0.15, -0.1) is 0 Å². The Balaban J connectivity index is 1.80. The van der Waals surface area contributed by atoms with E-state index in [9.17, 15) is 9.59 Å². The fourth-order valence-electron chi connectivity index (χ4n) is 3.91. The molecule has 0 saturated heterocycles. The van der Waals surface area contributed by atoms with E-state index in [2.05, 4.69) is 5.32 Å². The molecule has 1 aliphatic rings. The van der Waals surface area contributed by atoms with E-state index in [-0.39, 0.29) is 30.8 Å². The van der Waals surface area contributed by atoms with Gasteiger partial charge < -0.3 is 10.2 Å². The molecule has 2 aromatic carbocycles. The molecule has 4 nitrogen and oxygen atoms in total. The minimum Gasteiger partial charge on any atom is -0.352 e. The molecule has 1 aliphatic carbocycles. The molecule has 0 heterocycles. The Morgan fingerprint density at radius 1 is 0.969 bits per heavy atom. The fourth-order valence-corrected chi connectivity index (χ4v) is 4.70. The average Bonchev–Trinajstić information content (AvgIpc) is 2.76. The summed E-state index contributed by atoms with van der Waals surface area (Å²) >= 11 is 24.5. The van der Waals surface area contributed by atoms with Crippen molar-refractivity contribution in [2.24, 2.45) is 0 Å². The van der Waals surface area contributed by atoms with Gasteiger partial charge in [0.2, 0.25) is 11.8 Å². The Hall–Kier alpha value is -1.46. The maximum Gasteiger partial charge on any atom is 0.242 e. The predicted molar refractivity (Wildman–Crippen MR) is 132 cm³/mol. The van der Waals surface area contributed by atoms with Gasteiger partial charge in [0.1, 0.15) is 6.04 Å². The molecule has 0 bridgehead atoms. The lowest BCUT2D eigenvalue weighted by molar-refractivity contribution is -0.140. The van der Waals surface area contributed by atoms with Crippen molar-refractivity contribution in [1.82, 2.24) is 10.2 Å². The standard InChI is InChI=1S/C24H26Cl4N2O2/c1-15(24(32)29-19-5-3-2-4-6-19)30(14-17-8-9-18(25)13-21(17)27)23(31)12-16-7-10-20(26)22(28)11-16/h7-11,13,15,19H,2-6,12,14H2,1H3,(H,29,32)/t15-/m1/s1. The summed E-state index contributed by atoms with van der Waals surface area (Å²) in [7, 11) is 0. The number of amides is 2. The van der Waals surface area contributed by atoms with Gasteiger partial charge in [0.25, 0.3) is 0 Å². The van der Waals surface area contributed by atoms with Crippen LogP contribution in [0.1, 0.15) is 50.2 Å². The van der Waals surface area contributed by atoms with E-state index in [1.54, 1.807) is 48.2 Å². The summed E-state index contributed by atoms with van der Waals surface area (Å²) in [6.07, 6.45) is 5.45. The van der Waals surface area contributed by atoms with Gasteiger partial charge in [-0.3, -0.25) is 9.59 Å². The van der Waals surface area contributed by atoms with Crippen LogP contribution in [-0.2, 0) is 22.6 Å². The summed E-state index contributed by atoms with van der Waals surface area (Å²) in [6.45, 7) is 1.93. The van der Waals surface area contributed by atoms with E-state index >= 15 is 0 Å². The summed E-state index contributed by atoms with van der Waals surface area (Å²) in [6, 6.07) is 9.70. The van der Waals surface area contributed by atoms with Gasteiger partial charge in [-0.25, -0.2) is 0 Å². The van der Waals surface area contributed by atoms with Crippen molar-refractivity contribution in [2.45, 2.75) is 64.1 Å². The second-order valence-electron chi connectivity index (χ2n) is 8.20. The lowest BCUT2D eigenvalue weighted by atomic mass is 9.95. The van der Waals surface area contributed by atoms with Crippen LogP contribution in [0.2, 0.25) is 20.1 Å². The van der Waals surface area contributed by atoms with Crippen molar-refractivity contribution >= 4 is 58.2 Å². The normalized spacial score (nSPS) is 15.3. The molecule has 0 unspecified atom stereocenters. The van der Waals surface area contributed by atoms with Crippen LogP contribution < -0.4 is 5.32 Å². The van der Waals surface area contributed by atoms with Gasteiger partial charge in [0.05, 0.1) is 16.5 Å². The summed E-state index contributed by atoms with van der Waals surface area (Å²) < 4.78 is 0. The zero-order chi connectivity index (χ0) is 23.3. The molecule has 0 radical (unpaired) electrons. The topological polar surface area (TPSA) is 49.4 Å². The SMILES string of the molecule is C[C@H](C(=O)NC1CCCCC1)N(Cc1ccc(Cl)cc1Cl)C(=O)Cc1ccc(Cl)c(Cl)c1. The van der Waals surface area contributed by atoms with Crippen molar-refractivity contribution in [2.75, 3.05) is 0 Å². The van der Waals surface area contributed by atoms with Crippen LogP contribution in [0.3, 0.4) is 0 Å². The zero-order valence-electron chi connectivity index (χ0n) is 17.8. The number of hydrogen-bond acceptors (Lipinski definition) is 2. The number of nitrogens with zero attached hydrogens (tertiary/aromatic N) is 1. The number of hydrogen-bond donors (Lipinski definition) is 1. The first-order valence-electron chi connectivity index (χ1n) is 10.7. The third-order valence-electron chi connectivity index (χ3n) is 5.81. The Labute approximate surface area is 209 Å². The van der Waals surface area contributed by atoms with Gasteiger partial charge >= 0.3 is 0 Å². The number of carbonyl (C=O) groups excluding carboxylic acids is 2. The molecule has 2 aromatic rings. The predicted octanol–water partition coefficient (Wildman–Crippen LogP) is 6.71. The van der Waals surface area contributed by atoms with E-state index in [0.29, 0.717) is 20.1 Å². The van der Waals surface area contributed by atoms with E-state index in [1.807, 2.05) is 0 Å². The van der Waals surface area contributed by atoms with E-state index in [0.717, 1.165) is 36.8 Å². The fraction of sp³-hybridized carbons (Fsp3) is 0.417. The second kappa shape index (κ2) is 11.6. The molecule has 1 atom stereocenters. The largest absolute Gasteiger partial charge is 0.352 e. The molecular formula is C24H26Cl4N2O2. The monoisotopic (exact) mass is 514 g/mol. The van der Waals surface area contributed by atoms with Crippen molar-refractivity contribution in [1.29, 1.82) is 0 Å². The van der Waals surface area contributed by atoms with Crippen molar-refractivity contribution in [3.63, 3.8) is 0 Å². The lowest BCUT2D eigenvalue weighted by Crippen LogP contribution is -2.50. The quantitative estimate of drug-likeness (QED) is 0.445. The second-order valence-corrected chi connectivity index (χ2v) is 9.86. The van der Waals surface area contributed by atoms with Crippen LogP contribution in [0.25, 0.3) is 0 Å². The van der Waals surface area contributed by atoms with Gasteiger partial charge in [0.15, 0.2) is 0 Å². The highest BCUT2D eigenvalue weighted by Gasteiger charge is 2.28. The summed E-state index contributed by atoms with van der Waals surface area (Å²) in [4.78, 5) is 27.9. The first kappa shape index (κ1) is 25.2. The minimum atomic E-state index is -0.668. The molecule has 2 amide bonds. The molecular weight excluding hydrogens is 490 g/mol. The maximum atomic E-state index is 13.3. The van der Waals surface area contributed by atoms with Crippen LogP contribution in [0.5, 0.6) is 0 Å². The molecule has 3 rings (SSSR count). The third kappa shape index (κ3) is 6.77. The van der Waals surface area contributed by atoms with E-state index in [1.165, 1.54) is 6.42 Å². The van der Waals surface area contributed by atoms with Crippen LogP contribution in [0.15, 0.2) is 36.4 Å². The Kier molecular flexibility index (Phi) is 9.13. The summed E-state index contributed by atoms with van der Waals surface area (Å²) in [5.41, 5.74) is 1.44. The van der Waals surface area contributed by atoms with Crippen molar-refractivity contribution in [3.05, 3.63) is 67.6 Å². The molecule has 1 saturated carbocycles. The number of rotatable bonds is 7. The highest BCUT2D eigenvalue weighted by atomic mass is 35.5. The Bertz CT molecular complexity index is 976. The molecule has 32 heavy (non-hydrogen) atoms. The minimum absolute atomic E-state index is 0.0865. The first-order valence-corrected chi connectivity index (χ1v) is 12.2. The zero-order valence-corrected chi connectivity index (χ0v) is 20.9. The number of nitrogens with one attached hydrogen (secondary N) is 1. The molecule has 1 fully saturated rings.